The van der Waals surface area contributed by atoms with Crippen molar-refractivity contribution in [3.63, 3.8) is 0 Å². The number of carbonyl (C=O) groups is 3. The maximum atomic E-state index is 13.8. The summed E-state index contributed by atoms with van der Waals surface area (Å²) in [5, 5.41) is 14.2. The normalized spacial score (nSPS) is 46.6. The summed E-state index contributed by atoms with van der Waals surface area (Å²) in [6.45, 7) is 6.47. The van der Waals surface area contributed by atoms with Crippen LogP contribution in [0.15, 0.2) is 11.6 Å². The molecule has 4 aliphatic carbocycles. The summed E-state index contributed by atoms with van der Waals surface area (Å²) in [4.78, 5) is 36.8. The van der Waals surface area contributed by atoms with Gasteiger partial charge < -0.3 is 24.6 Å². The highest BCUT2D eigenvalue weighted by molar-refractivity contribution is 5.85. The Labute approximate surface area is 188 Å². The maximum Gasteiger partial charge on any atom is 0.303 e. The highest BCUT2D eigenvalue weighted by Crippen LogP contribution is 2.68. The predicted molar refractivity (Wildman–Crippen MR) is 112 cm³/mol. The number of Topliss-reactive ketones (excluding diaryl/α,β-unsaturated/α-hetero) is 1. The van der Waals surface area contributed by atoms with Gasteiger partial charge in [0, 0.05) is 36.5 Å². The van der Waals surface area contributed by atoms with Crippen LogP contribution in [0.5, 0.6) is 0 Å². The lowest BCUT2D eigenvalue weighted by molar-refractivity contribution is -0.241. The van der Waals surface area contributed by atoms with E-state index >= 15 is 0 Å². The number of carbonyl (C=O) groups excluding carboxylic acids is 3. The lowest BCUT2D eigenvalue weighted by atomic mass is 9.45. The summed E-state index contributed by atoms with van der Waals surface area (Å²) in [7, 11) is 0. The van der Waals surface area contributed by atoms with E-state index in [4.69, 9.17) is 14.2 Å². The molecule has 4 fully saturated rings. The Morgan fingerprint density at radius 3 is 2.66 bits per heavy atom. The molecule has 176 valence electrons. The number of fused-ring (bicyclic) bond motifs is 6. The number of amides is 1. The van der Waals surface area contributed by atoms with Gasteiger partial charge in [-0.05, 0) is 31.1 Å². The maximum absolute atomic E-state index is 13.8. The van der Waals surface area contributed by atoms with Gasteiger partial charge in [0.1, 0.15) is 11.9 Å². The standard InChI is InChI=1S/C24H33NO7/c1-13(27)32-20-17(25-12-26)10-14-4-5-15-16-6-7-24(30-8-9-31-24)22(16,2)11-18(28)19(15)23(14,3)21(20)29/h10,12,15-17,19-21,29H,4-9,11H2,1-3H3,(H,25,26)/t15?,16-,17-,19+,20+,21-,22-,23-/m0/s1. The number of esters is 1. The van der Waals surface area contributed by atoms with E-state index in [1.165, 1.54) is 6.92 Å². The highest BCUT2D eigenvalue weighted by atomic mass is 16.7. The minimum atomic E-state index is -1.10. The van der Waals surface area contributed by atoms with Gasteiger partial charge >= 0.3 is 5.97 Å². The summed E-state index contributed by atoms with van der Waals surface area (Å²) in [5.41, 5.74) is -0.266. The molecule has 32 heavy (non-hydrogen) atoms. The van der Waals surface area contributed by atoms with Crippen LogP contribution in [0.1, 0.15) is 52.9 Å². The Balaban J connectivity index is 1.54. The van der Waals surface area contributed by atoms with E-state index in [0.717, 1.165) is 31.3 Å². The molecule has 0 aromatic carbocycles. The van der Waals surface area contributed by atoms with Crippen molar-refractivity contribution in [3.8, 4) is 0 Å². The van der Waals surface area contributed by atoms with Crippen LogP contribution in [0.3, 0.4) is 0 Å². The van der Waals surface area contributed by atoms with Crippen LogP contribution >= 0.6 is 0 Å². The molecular formula is C24H33NO7. The van der Waals surface area contributed by atoms with Crippen LogP contribution in [-0.4, -0.2) is 60.5 Å². The van der Waals surface area contributed by atoms with Gasteiger partial charge in [0.05, 0.1) is 19.3 Å². The Morgan fingerprint density at radius 2 is 2.00 bits per heavy atom. The zero-order valence-electron chi connectivity index (χ0n) is 19.0. The summed E-state index contributed by atoms with van der Waals surface area (Å²) >= 11 is 0. The minimum absolute atomic E-state index is 0.0961. The quantitative estimate of drug-likeness (QED) is 0.383. The van der Waals surface area contributed by atoms with E-state index in [0.29, 0.717) is 26.0 Å². The number of aliphatic hydroxyl groups excluding tert-OH is 1. The number of nitrogens with one attached hydrogen (secondary N) is 1. The number of hydrogen-bond donors (Lipinski definition) is 2. The van der Waals surface area contributed by atoms with Gasteiger partial charge in [-0.15, -0.1) is 0 Å². The molecule has 1 heterocycles. The third-order valence-corrected chi connectivity index (χ3v) is 9.37. The molecule has 3 saturated carbocycles. The van der Waals surface area contributed by atoms with Crippen molar-refractivity contribution in [3.05, 3.63) is 11.6 Å². The van der Waals surface area contributed by atoms with E-state index in [2.05, 4.69) is 12.2 Å². The lowest BCUT2D eigenvalue weighted by Gasteiger charge is -2.60. The molecule has 0 bridgehead atoms. The van der Waals surface area contributed by atoms with E-state index in [9.17, 15) is 19.5 Å². The minimum Gasteiger partial charge on any atom is -0.457 e. The van der Waals surface area contributed by atoms with E-state index in [1.54, 1.807) is 0 Å². The second-order valence-electron chi connectivity index (χ2n) is 10.6. The van der Waals surface area contributed by atoms with Crippen molar-refractivity contribution < 1.29 is 33.7 Å². The molecule has 1 aliphatic heterocycles. The Bertz CT molecular complexity index is 864. The second-order valence-corrected chi connectivity index (χ2v) is 10.6. The summed E-state index contributed by atoms with van der Waals surface area (Å²) in [6, 6.07) is -0.620. The highest BCUT2D eigenvalue weighted by Gasteiger charge is 2.70. The van der Waals surface area contributed by atoms with Gasteiger partial charge in [0.15, 0.2) is 11.9 Å². The average molecular weight is 448 g/mol. The van der Waals surface area contributed by atoms with Crippen LogP contribution in [0.25, 0.3) is 0 Å². The Kier molecular flexibility index (Phi) is 5.08. The third kappa shape index (κ3) is 2.75. The van der Waals surface area contributed by atoms with Gasteiger partial charge in [-0.3, -0.25) is 14.4 Å². The molecule has 8 atom stereocenters. The fraction of sp³-hybridized carbons (Fsp3) is 0.792. The van der Waals surface area contributed by atoms with Crippen LogP contribution in [0.4, 0.5) is 0 Å². The molecule has 1 saturated heterocycles. The topological polar surface area (TPSA) is 111 Å². The molecular weight excluding hydrogens is 414 g/mol. The summed E-state index contributed by atoms with van der Waals surface area (Å²) < 4.78 is 17.7. The van der Waals surface area contributed by atoms with Gasteiger partial charge in [-0.25, -0.2) is 0 Å². The fourth-order valence-corrected chi connectivity index (χ4v) is 8.03. The SMILES string of the molecule is CC(=O)O[C@@H]1[C@@H](NC=O)C=C2CCC3[C@H](C(=O)C[C@@]4(C)[C@H]3CCC43OCCO3)[C@@]2(C)[C@H]1O. The van der Waals surface area contributed by atoms with Crippen molar-refractivity contribution >= 4 is 18.2 Å². The molecule has 1 amide bonds. The molecule has 8 heteroatoms. The van der Waals surface area contributed by atoms with Crippen molar-refractivity contribution in [2.45, 2.75) is 76.9 Å². The van der Waals surface area contributed by atoms with Crippen LogP contribution in [0.2, 0.25) is 0 Å². The van der Waals surface area contributed by atoms with Gasteiger partial charge in [-0.1, -0.05) is 25.5 Å². The Hall–Kier alpha value is -1.77. The molecule has 0 radical (unpaired) electrons. The van der Waals surface area contributed by atoms with Crippen LogP contribution < -0.4 is 5.32 Å². The van der Waals surface area contributed by atoms with E-state index in [-0.39, 0.29) is 29.0 Å². The molecule has 2 N–H and O–H groups in total. The molecule has 0 aromatic heterocycles. The zero-order valence-corrected chi connectivity index (χ0v) is 19.0. The van der Waals surface area contributed by atoms with Crippen molar-refractivity contribution in [2.24, 2.45) is 28.6 Å². The van der Waals surface area contributed by atoms with Crippen molar-refractivity contribution in [1.82, 2.24) is 5.32 Å². The largest absolute Gasteiger partial charge is 0.457 e. The van der Waals surface area contributed by atoms with Gasteiger partial charge in [0.25, 0.3) is 0 Å². The molecule has 5 aliphatic rings. The first-order valence-corrected chi connectivity index (χ1v) is 11.7. The van der Waals surface area contributed by atoms with E-state index < -0.39 is 35.4 Å². The monoisotopic (exact) mass is 447 g/mol. The first kappa shape index (κ1) is 22.0. The molecule has 1 spiro atoms. The number of aliphatic hydroxyl groups is 1. The zero-order chi connectivity index (χ0) is 22.9. The van der Waals surface area contributed by atoms with E-state index in [1.807, 2.05) is 13.0 Å². The molecule has 5 rings (SSSR count). The summed E-state index contributed by atoms with van der Waals surface area (Å²) in [6.07, 6.45) is 4.04. The van der Waals surface area contributed by atoms with Gasteiger partial charge in [0.2, 0.25) is 6.41 Å². The van der Waals surface area contributed by atoms with Crippen LogP contribution in [-0.2, 0) is 28.6 Å². The third-order valence-electron chi connectivity index (χ3n) is 9.37. The molecule has 1 unspecified atom stereocenters. The number of ketones is 1. The predicted octanol–water partition coefficient (Wildman–Crippen LogP) is 1.50. The van der Waals surface area contributed by atoms with Crippen LogP contribution in [0, 0.1) is 28.6 Å². The lowest BCUT2D eigenvalue weighted by Crippen LogP contribution is -2.65. The smallest absolute Gasteiger partial charge is 0.303 e. The number of ether oxygens (including phenoxy) is 3. The van der Waals surface area contributed by atoms with Crippen molar-refractivity contribution in [1.29, 1.82) is 0 Å². The first-order valence-electron chi connectivity index (χ1n) is 11.7. The molecule has 0 aromatic rings. The Morgan fingerprint density at radius 1 is 1.28 bits per heavy atom. The fourth-order valence-electron chi connectivity index (χ4n) is 8.03. The first-order chi connectivity index (χ1) is 15.2. The number of rotatable bonds is 3. The number of hydrogen-bond acceptors (Lipinski definition) is 7. The van der Waals surface area contributed by atoms with Gasteiger partial charge in [-0.2, -0.15) is 0 Å². The summed E-state index contributed by atoms with van der Waals surface area (Å²) in [5.74, 6) is -1.12. The molecule has 8 nitrogen and oxygen atoms in total. The average Bonchev–Trinajstić information content (AvgIpc) is 3.32. The second kappa shape index (κ2) is 7.37. The van der Waals surface area contributed by atoms with Crippen molar-refractivity contribution in [2.75, 3.05) is 13.2 Å².